The van der Waals surface area contributed by atoms with Crippen molar-refractivity contribution in [2.45, 2.75) is 25.2 Å². The van der Waals surface area contributed by atoms with Crippen LogP contribution in [0.3, 0.4) is 0 Å². The first-order valence-electron chi connectivity index (χ1n) is 6.54. The van der Waals surface area contributed by atoms with E-state index in [0.717, 1.165) is 11.1 Å². The lowest BCUT2D eigenvalue weighted by atomic mass is 10.1. The highest BCUT2D eigenvalue weighted by molar-refractivity contribution is 5.85. The highest BCUT2D eigenvalue weighted by Crippen LogP contribution is 2.33. The van der Waals surface area contributed by atoms with Gasteiger partial charge in [0.1, 0.15) is 24.2 Å². The number of fused-ring (bicyclic) bond motifs is 1. The first-order chi connectivity index (χ1) is 10.1. The number of aromatic nitrogens is 3. The molecule has 1 aliphatic carbocycles. The van der Waals surface area contributed by atoms with Crippen molar-refractivity contribution in [2.75, 3.05) is 6.61 Å². The first kappa shape index (κ1) is 13.8. The minimum absolute atomic E-state index is 0.302. The van der Waals surface area contributed by atoms with Crippen LogP contribution in [0.25, 0.3) is 11.0 Å². The second-order valence-electron chi connectivity index (χ2n) is 5.08. The number of rotatable bonds is 2. The van der Waals surface area contributed by atoms with Crippen molar-refractivity contribution < 1.29 is 15.3 Å². The largest absolute Gasteiger partial charge is 0.392 e. The summed E-state index contributed by atoms with van der Waals surface area (Å²) >= 11 is 0. The van der Waals surface area contributed by atoms with Crippen LogP contribution in [0.15, 0.2) is 24.2 Å². The van der Waals surface area contributed by atoms with E-state index in [-0.39, 0.29) is 6.61 Å². The summed E-state index contributed by atoms with van der Waals surface area (Å²) in [6, 6.07) is -0.527. The summed E-state index contributed by atoms with van der Waals surface area (Å²) in [5.74, 6) is 2.59. The molecule has 0 radical (unpaired) electrons. The van der Waals surface area contributed by atoms with E-state index in [4.69, 9.17) is 6.42 Å². The van der Waals surface area contributed by atoms with Gasteiger partial charge in [0.25, 0.3) is 0 Å². The van der Waals surface area contributed by atoms with Crippen LogP contribution in [-0.4, -0.2) is 48.7 Å². The molecule has 2 aromatic rings. The zero-order valence-electron chi connectivity index (χ0n) is 11.4. The van der Waals surface area contributed by atoms with Gasteiger partial charge in [-0.25, -0.2) is 9.97 Å². The molecule has 0 saturated heterocycles. The normalized spacial score (nSPS) is 25.1. The van der Waals surface area contributed by atoms with Crippen LogP contribution < -0.4 is 0 Å². The Labute approximate surface area is 121 Å². The third kappa shape index (κ3) is 1.94. The molecule has 6 nitrogen and oxygen atoms in total. The summed E-state index contributed by atoms with van der Waals surface area (Å²) in [7, 11) is 0. The van der Waals surface area contributed by atoms with Crippen LogP contribution in [0.4, 0.5) is 0 Å². The molecular formula is C15H15N3O3. The van der Waals surface area contributed by atoms with E-state index in [1.807, 2.05) is 6.92 Å². The number of terminal acetylenes is 1. The molecule has 0 saturated carbocycles. The Morgan fingerprint density at radius 2 is 2.14 bits per heavy atom. The molecule has 0 bridgehead atoms. The molecular weight excluding hydrogens is 270 g/mol. The van der Waals surface area contributed by atoms with Gasteiger partial charge in [-0.3, -0.25) is 0 Å². The van der Waals surface area contributed by atoms with E-state index in [0.29, 0.717) is 16.8 Å². The van der Waals surface area contributed by atoms with Crippen molar-refractivity contribution in [1.82, 2.24) is 14.5 Å². The minimum Gasteiger partial charge on any atom is -0.392 e. The van der Waals surface area contributed by atoms with E-state index >= 15 is 0 Å². The van der Waals surface area contributed by atoms with Crippen molar-refractivity contribution in [3.63, 3.8) is 0 Å². The number of aliphatic hydroxyl groups excluding tert-OH is 3. The number of aliphatic hydroxyl groups is 3. The fourth-order valence-electron chi connectivity index (χ4n) is 2.79. The van der Waals surface area contributed by atoms with Crippen molar-refractivity contribution in [1.29, 1.82) is 0 Å². The minimum atomic E-state index is -1.09. The Morgan fingerprint density at radius 3 is 2.76 bits per heavy atom. The molecule has 6 heteroatoms. The van der Waals surface area contributed by atoms with Crippen molar-refractivity contribution in [3.8, 4) is 12.3 Å². The third-order valence-corrected chi connectivity index (χ3v) is 3.90. The van der Waals surface area contributed by atoms with Crippen LogP contribution >= 0.6 is 0 Å². The lowest BCUT2D eigenvalue weighted by Gasteiger charge is -2.19. The molecule has 0 fully saturated rings. The summed E-state index contributed by atoms with van der Waals surface area (Å²) < 4.78 is 1.72. The van der Waals surface area contributed by atoms with Crippen LogP contribution in [0.1, 0.15) is 17.3 Å². The Hall–Kier alpha value is -2.20. The molecule has 3 rings (SSSR count). The highest BCUT2D eigenvalue weighted by atomic mass is 16.3. The molecule has 0 spiro atoms. The SMILES string of the molecule is C#Cc1cn([C@@H]2C=C(CO)[C@@H](O)[C@H]2O)c2ncnc(C)c12. The molecule has 2 heterocycles. The van der Waals surface area contributed by atoms with Gasteiger partial charge in [0.15, 0.2) is 0 Å². The average molecular weight is 285 g/mol. The Morgan fingerprint density at radius 1 is 1.38 bits per heavy atom. The number of hydrogen-bond donors (Lipinski definition) is 3. The van der Waals surface area contributed by atoms with Gasteiger partial charge < -0.3 is 19.9 Å². The van der Waals surface area contributed by atoms with Crippen LogP contribution in [0.5, 0.6) is 0 Å². The monoisotopic (exact) mass is 285 g/mol. The molecule has 21 heavy (non-hydrogen) atoms. The molecule has 3 N–H and O–H groups in total. The second kappa shape index (κ2) is 4.97. The fraction of sp³-hybridized carbons (Fsp3) is 0.333. The first-order valence-corrected chi connectivity index (χ1v) is 6.54. The lowest BCUT2D eigenvalue weighted by Crippen LogP contribution is -2.30. The van der Waals surface area contributed by atoms with Gasteiger partial charge in [-0.05, 0) is 12.5 Å². The third-order valence-electron chi connectivity index (χ3n) is 3.90. The molecule has 0 aliphatic heterocycles. The van der Waals surface area contributed by atoms with Gasteiger partial charge >= 0.3 is 0 Å². The van der Waals surface area contributed by atoms with E-state index in [1.165, 1.54) is 6.33 Å². The quantitative estimate of drug-likeness (QED) is 0.530. The summed E-state index contributed by atoms with van der Waals surface area (Å²) in [6.07, 6.45) is 8.18. The Bertz CT molecular complexity index is 772. The molecule has 2 aromatic heterocycles. The summed E-state index contributed by atoms with van der Waals surface area (Å²) in [4.78, 5) is 8.37. The summed E-state index contributed by atoms with van der Waals surface area (Å²) in [5, 5.41) is 30.1. The topological polar surface area (TPSA) is 91.4 Å². The molecule has 3 atom stereocenters. The van der Waals surface area contributed by atoms with Gasteiger partial charge in [-0.1, -0.05) is 12.0 Å². The summed E-state index contributed by atoms with van der Waals surface area (Å²) in [5.41, 5.74) is 2.38. The summed E-state index contributed by atoms with van der Waals surface area (Å²) in [6.45, 7) is 1.54. The highest BCUT2D eigenvalue weighted by Gasteiger charge is 2.36. The smallest absolute Gasteiger partial charge is 0.145 e. The maximum Gasteiger partial charge on any atom is 0.145 e. The number of aryl methyl sites for hydroxylation is 1. The maximum atomic E-state index is 10.2. The van der Waals surface area contributed by atoms with Crippen molar-refractivity contribution >= 4 is 11.0 Å². The predicted molar refractivity (Wildman–Crippen MR) is 76.4 cm³/mol. The van der Waals surface area contributed by atoms with E-state index in [9.17, 15) is 15.3 Å². The molecule has 0 unspecified atom stereocenters. The Balaban J connectivity index is 2.21. The predicted octanol–water partition coefficient (Wildman–Crippen LogP) is -0.0838. The molecule has 0 amide bonds. The molecule has 108 valence electrons. The zero-order chi connectivity index (χ0) is 15.1. The fourth-order valence-corrected chi connectivity index (χ4v) is 2.79. The van der Waals surface area contributed by atoms with E-state index < -0.39 is 18.2 Å². The van der Waals surface area contributed by atoms with Gasteiger partial charge in [-0.2, -0.15) is 0 Å². The van der Waals surface area contributed by atoms with Crippen molar-refractivity contribution in [3.05, 3.63) is 35.4 Å². The van der Waals surface area contributed by atoms with E-state index in [2.05, 4.69) is 15.9 Å². The van der Waals surface area contributed by atoms with Gasteiger partial charge in [-0.15, -0.1) is 6.42 Å². The van der Waals surface area contributed by atoms with E-state index in [1.54, 1.807) is 16.8 Å². The maximum absolute atomic E-state index is 10.2. The number of nitrogens with zero attached hydrogens (tertiary/aromatic N) is 3. The van der Waals surface area contributed by atoms with Crippen LogP contribution in [-0.2, 0) is 0 Å². The second-order valence-corrected chi connectivity index (χ2v) is 5.08. The lowest BCUT2D eigenvalue weighted by molar-refractivity contribution is 0.0288. The zero-order valence-corrected chi connectivity index (χ0v) is 11.4. The van der Waals surface area contributed by atoms with Gasteiger partial charge in [0.2, 0.25) is 0 Å². The average Bonchev–Trinajstić information content (AvgIpc) is 2.99. The van der Waals surface area contributed by atoms with Crippen LogP contribution in [0, 0.1) is 19.3 Å². The molecule has 0 aromatic carbocycles. The standard InChI is InChI=1S/C15H15N3O3/c1-3-9-5-18(15-12(9)8(2)16-7-17-15)11-4-10(6-19)13(20)14(11)21/h1,4-5,7,11,13-14,19-21H,6H2,2H3/t11-,13-,14+/m1/s1. The van der Waals surface area contributed by atoms with Gasteiger partial charge in [0.05, 0.1) is 29.3 Å². The number of hydrogen-bond acceptors (Lipinski definition) is 5. The molecule has 1 aliphatic rings. The van der Waals surface area contributed by atoms with Crippen molar-refractivity contribution in [2.24, 2.45) is 0 Å². The van der Waals surface area contributed by atoms with Crippen LogP contribution in [0.2, 0.25) is 0 Å². The Kier molecular flexibility index (Phi) is 3.26. The van der Waals surface area contributed by atoms with Gasteiger partial charge in [0, 0.05) is 6.20 Å².